The van der Waals surface area contributed by atoms with Gasteiger partial charge in [0.15, 0.2) is 6.10 Å². The van der Waals surface area contributed by atoms with E-state index in [9.17, 15) is 9.59 Å². The standard InChI is InChI=1S/C20H18O4/c1-13(2)19(21)24-18(14-8-4-3-5-9-14)16-12-15-10-6-7-11-17(15)23-20(16)22/h3-13,18H,1-2H3. The molecule has 1 unspecified atom stereocenters. The summed E-state index contributed by atoms with van der Waals surface area (Å²) in [5.41, 5.74) is 1.05. The maximum atomic E-state index is 12.4. The van der Waals surface area contributed by atoms with Crippen LogP contribution < -0.4 is 5.63 Å². The van der Waals surface area contributed by atoms with Gasteiger partial charge in [-0.15, -0.1) is 0 Å². The van der Waals surface area contributed by atoms with E-state index in [1.54, 1.807) is 32.0 Å². The van der Waals surface area contributed by atoms with Gasteiger partial charge in [-0.2, -0.15) is 0 Å². The van der Waals surface area contributed by atoms with Crippen molar-refractivity contribution >= 4 is 16.9 Å². The topological polar surface area (TPSA) is 56.5 Å². The number of hydrogen-bond donors (Lipinski definition) is 0. The minimum atomic E-state index is -0.790. The van der Waals surface area contributed by atoms with E-state index in [0.29, 0.717) is 11.1 Å². The Hall–Kier alpha value is -2.88. The number of ether oxygens (including phenoxy) is 1. The lowest BCUT2D eigenvalue weighted by Gasteiger charge is -2.19. The van der Waals surface area contributed by atoms with Crippen LogP contribution in [0.2, 0.25) is 0 Å². The van der Waals surface area contributed by atoms with E-state index in [2.05, 4.69) is 0 Å². The molecule has 0 amide bonds. The van der Waals surface area contributed by atoms with Gasteiger partial charge in [-0.25, -0.2) is 4.79 Å². The van der Waals surface area contributed by atoms with Crippen molar-refractivity contribution in [3.8, 4) is 0 Å². The van der Waals surface area contributed by atoms with Gasteiger partial charge in [-0.1, -0.05) is 62.4 Å². The van der Waals surface area contributed by atoms with Crippen LogP contribution in [0.3, 0.4) is 0 Å². The number of rotatable bonds is 4. The van der Waals surface area contributed by atoms with E-state index in [-0.39, 0.29) is 11.9 Å². The predicted molar refractivity (Wildman–Crippen MR) is 91.7 cm³/mol. The number of fused-ring (bicyclic) bond motifs is 1. The fourth-order valence-corrected chi connectivity index (χ4v) is 2.45. The summed E-state index contributed by atoms with van der Waals surface area (Å²) in [6.45, 7) is 3.51. The lowest BCUT2D eigenvalue weighted by atomic mass is 10.0. The molecule has 2 aromatic carbocycles. The minimum Gasteiger partial charge on any atom is -0.452 e. The number of carbonyl (C=O) groups is 1. The van der Waals surface area contributed by atoms with Gasteiger partial charge in [0.05, 0.1) is 11.5 Å². The highest BCUT2D eigenvalue weighted by Crippen LogP contribution is 2.27. The Balaban J connectivity index is 2.13. The zero-order valence-corrected chi connectivity index (χ0v) is 13.6. The zero-order valence-electron chi connectivity index (χ0n) is 13.6. The van der Waals surface area contributed by atoms with E-state index >= 15 is 0 Å². The van der Waals surface area contributed by atoms with Crippen LogP contribution in [-0.4, -0.2) is 5.97 Å². The number of benzene rings is 2. The summed E-state index contributed by atoms with van der Waals surface area (Å²) in [6.07, 6.45) is -0.790. The minimum absolute atomic E-state index is 0.288. The number of para-hydroxylation sites is 1. The molecule has 3 aromatic rings. The number of esters is 1. The molecule has 0 aliphatic heterocycles. The maximum absolute atomic E-state index is 12.4. The van der Waals surface area contributed by atoms with Crippen molar-refractivity contribution in [1.29, 1.82) is 0 Å². The third-order valence-electron chi connectivity index (χ3n) is 3.76. The molecular formula is C20H18O4. The lowest BCUT2D eigenvalue weighted by Crippen LogP contribution is -2.21. The van der Waals surface area contributed by atoms with Crippen LogP contribution in [0.5, 0.6) is 0 Å². The number of carbonyl (C=O) groups excluding carboxylic acids is 1. The third kappa shape index (κ3) is 3.23. The van der Waals surface area contributed by atoms with Crippen LogP contribution >= 0.6 is 0 Å². The summed E-state index contributed by atoms with van der Waals surface area (Å²) in [7, 11) is 0. The van der Waals surface area contributed by atoms with Crippen molar-refractivity contribution in [2.24, 2.45) is 5.92 Å². The Kier molecular flexibility index (Phi) is 4.47. The molecule has 0 aliphatic rings. The molecule has 0 saturated carbocycles. The van der Waals surface area contributed by atoms with Gasteiger partial charge in [0.25, 0.3) is 0 Å². The van der Waals surface area contributed by atoms with Gasteiger partial charge in [0.1, 0.15) is 5.58 Å². The van der Waals surface area contributed by atoms with E-state index in [0.717, 1.165) is 10.9 Å². The molecule has 0 saturated heterocycles. The van der Waals surface area contributed by atoms with E-state index in [1.165, 1.54) is 0 Å². The normalized spacial score (nSPS) is 12.3. The Morgan fingerprint density at radius 1 is 1.00 bits per heavy atom. The summed E-state index contributed by atoms with van der Waals surface area (Å²) in [4.78, 5) is 24.6. The second-order valence-electron chi connectivity index (χ2n) is 5.91. The lowest BCUT2D eigenvalue weighted by molar-refractivity contribution is -0.151. The summed E-state index contributed by atoms with van der Waals surface area (Å²) in [6, 6.07) is 18.2. The highest BCUT2D eigenvalue weighted by Gasteiger charge is 2.24. The third-order valence-corrected chi connectivity index (χ3v) is 3.76. The fourth-order valence-electron chi connectivity index (χ4n) is 2.45. The molecule has 0 aliphatic carbocycles. The molecule has 122 valence electrons. The van der Waals surface area contributed by atoms with Crippen LogP contribution in [-0.2, 0) is 9.53 Å². The van der Waals surface area contributed by atoms with E-state index < -0.39 is 11.7 Å². The van der Waals surface area contributed by atoms with Crippen molar-refractivity contribution in [2.45, 2.75) is 20.0 Å². The van der Waals surface area contributed by atoms with Gasteiger partial charge in [-0.05, 0) is 17.7 Å². The largest absolute Gasteiger partial charge is 0.452 e. The van der Waals surface area contributed by atoms with Gasteiger partial charge in [-0.3, -0.25) is 4.79 Å². The second-order valence-corrected chi connectivity index (χ2v) is 5.91. The van der Waals surface area contributed by atoms with Gasteiger partial charge >= 0.3 is 11.6 Å². The van der Waals surface area contributed by atoms with E-state index in [1.807, 2.05) is 42.5 Å². The molecule has 3 rings (SSSR count). The van der Waals surface area contributed by atoms with Crippen molar-refractivity contribution in [2.75, 3.05) is 0 Å². The second kappa shape index (κ2) is 6.71. The van der Waals surface area contributed by atoms with Crippen LogP contribution in [0, 0.1) is 5.92 Å². The quantitative estimate of drug-likeness (QED) is 0.536. The Bertz CT molecular complexity index is 910. The fraction of sp³-hybridized carbons (Fsp3) is 0.200. The Labute approximate surface area is 139 Å². The highest BCUT2D eigenvalue weighted by molar-refractivity contribution is 5.77. The van der Waals surface area contributed by atoms with Crippen molar-refractivity contribution in [1.82, 2.24) is 0 Å². The van der Waals surface area contributed by atoms with Crippen LogP contribution in [0.15, 0.2) is 69.9 Å². The molecular weight excluding hydrogens is 304 g/mol. The Morgan fingerprint density at radius 2 is 1.67 bits per heavy atom. The first-order chi connectivity index (χ1) is 11.6. The molecule has 0 radical (unpaired) electrons. The van der Waals surface area contributed by atoms with Crippen LogP contribution in [0.1, 0.15) is 31.1 Å². The molecule has 1 aromatic heterocycles. The smallest absolute Gasteiger partial charge is 0.343 e. The van der Waals surface area contributed by atoms with Crippen molar-refractivity contribution in [3.05, 3.63) is 82.2 Å². The number of hydrogen-bond acceptors (Lipinski definition) is 4. The van der Waals surface area contributed by atoms with E-state index in [4.69, 9.17) is 9.15 Å². The predicted octanol–water partition coefficient (Wildman–Crippen LogP) is 4.08. The molecule has 0 bridgehead atoms. The van der Waals surface area contributed by atoms with Crippen LogP contribution in [0.4, 0.5) is 0 Å². The van der Waals surface area contributed by atoms with Gasteiger partial charge in [0, 0.05) is 5.39 Å². The summed E-state index contributed by atoms with van der Waals surface area (Å²) < 4.78 is 11.0. The van der Waals surface area contributed by atoms with Crippen molar-refractivity contribution < 1.29 is 13.9 Å². The summed E-state index contributed by atoms with van der Waals surface area (Å²) in [5.74, 6) is -0.653. The molecule has 1 atom stereocenters. The first kappa shape index (κ1) is 16.0. The highest BCUT2D eigenvalue weighted by atomic mass is 16.5. The maximum Gasteiger partial charge on any atom is 0.343 e. The molecule has 0 N–H and O–H groups in total. The molecule has 1 heterocycles. The molecule has 4 nitrogen and oxygen atoms in total. The summed E-state index contributed by atoms with van der Waals surface area (Å²) in [5, 5.41) is 0.786. The summed E-state index contributed by atoms with van der Waals surface area (Å²) >= 11 is 0. The van der Waals surface area contributed by atoms with Crippen LogP contribution in [0.25, 0.3) is 11.0 Å². The average Bonchev–Trinajstić information content (AvgIpc) is 2.59. The molecule has 0 spiro atoms. The first-order valence-corrected chi connectivity index (χ1v) is 7.84. The van der Waals surface area contributed by atoms with Crippen molar-refractivity contribution in [3.63, 3.8) is 0 Å². The molecule has 4 heteroatoms. The monoisotopic (exact) mass is 322 g/mol. The SMILES string of the molecule is CC(C)C(=O)OC(c1ccccc1)c1cc2ccccc2oc1=O. The van der Waals surface area contributed by atoms with Gasteiger partial charge < -0.3 is 9.15 Å². The molecule has 0 fully saturated rings. The van der Waals surface area contributed by atoms with Gasteiger partial charge in [0.2, 0.25) is 0 Å². The average molecular weight is 322 g/mol. The molecule has 24 heavy (non-hydrogen) atoms. The zero-order chi connectivity index (χ0) is 17.1. The first-order valence-electron chi connectivity index (χ1n) is 7.84. The Morgan fingerprint density at radius 3 is 2.38 bits per heavy atom.